The number of hydrogen-bond acceptors (Lipinski definition) is 7. The first kappa shape index (κ1) is 24.2. The first-order valence-corrected chi connectivity index (χ1v) is 12.4. The summed E-state index contributed by atoms with van der Waals surface area (Å²) in [4.78, 5) is 28.2. The van der Waals surface area contributed by atoms with Gasteiger partial charge in [-0.15, -0.1) is 0 Å². The molecule has 2 saturated heterocycles. The van der Waals surface area contributed by atoms with E-state index in [0.29, 0.717) is 42.3 Å². The number of hydrogen-bond donors (Lipinski definition) is 1. The number of ether oxygens (including phenoxy) is 4. The van der Waals surface area contributed by atoms with Crippen LogP contribution in [0, 0.1) is 0 Å². The summed E-state index contributed by atoms with van der Waals surface area (Å²) in [6.07, 6.45) is 2.32. The Morgan fingerprint density at radius 2 is 2.00 bits per heavy atom. The SMILES string of the molecule is CCOc1ccc(C2C(=C(O)c3ccc4c(c3)CC(C)O4)C(=O)C(=O)N2CC2CCCO2)cc1OC. The van der Waals surface area contributed by atoms with E-state index in [9.17, 15) is 14.7 Å². The van der Waals surface area contributed by atoms with E-state index in [1.807, 2.05) is 19.9 Å². The Balaban J connectivity index is 1.61. The van der Waals surface area contributed by atoms with Gasteiger partial charge in [0, 0.05) is 25.1 Å². The predicted octanol–water partition coefficient (Wildman–Crippen LogP) is 4.02. The van der Waals surface area contributed by atoms with Crippen molar-refractivity contribution in [3.8, 4) is 17.2 Å². The molecule has 5 rings (SSSR count). The number of nitrogens with zero attached hydrogens (tertiary/aromatic N) is 1. The number of Topliss-reactive ketones (excluding diaryl/α,β-unsaturated/α-hetero) is 1. The molecule has 0 spiro atoms. The van der Waals surface area contributed by atoms with Crippen molar-refractivity contribution >= 4 is 17.4 Å². The second-order valence-electron chi connectivity index (χ2n) is 9.38. The summed E-state index contributed by atoms with van der Waals surface area (Å²) in [5, 5.41) is 11.4. The molecule has 1 amide bonds. The lowest BCUT2D eigenvalue weighted by Gasteiger charge is -2.28. The Kier molecular flexibility index (Phi) is 6.62. The average molecular weight is 494 g/mol. The van der Waals surface area contributed by atoms with Gasteiger partial charge in [-0.05, 0) is 68.1 Å². The highest BCUT2D eigenvalue weighted by Gasteiger charge is 2.47. The summed E-state index contributed by atoms with van der Waals surface area (Å²) in [6, 6.07) is 9.88. The van der Waals surface area contributed by atoms with Gasteiger partial charge in [0.25, 0.3) is 11.7 Å². The van der Waals surface area contributed by atoms with Crippen LogP contribution in [0.25, 0.3) is 5.76 Å². The Labute approximate surface area is 210 Å². The van der Waals surface area contributed by atoms with Crippen LogP contribution >= 0.6 is 0 Å². The highest BCUT2D eigenvalue weighted by molar-refractivity contribution is 6.46. The fourth-order valence-electron chi connectivity index (χ4n) is 5.28. The molecule has 0 saturated carbocycles. The number of ketones is 1. The third kappa shape index (κ3) is 4.30. The normalized spacial score (nSPS) is 24.6. The van der Waals surface area contributed by atoms with Gasteiger partial charge in [-0.3, -0.25) is 9.59 Å². The van der Waals surface area contributed by atoms with Crippen LogP contribution in [-0.4, -0.2) is 60.8 Å². The quantitative estimate of drug-likeness (QED) is 0.354. The maximum absolute atomic E-state index is 13.4. The fraction of sp³-hybridized carbons (Fsp3) is 0.429. The van der Waals surface area contributed by atoms with Crippen LogP contribution in [0.4, 0.5) is 0 Å². The molecule has 0 aromatic heterocycles. The molecule has 8 heteroatoms. The zero-order valence-electron chi connectivity index (χ0n) is 20.8. The van der Waals surface area contributed by atoms with Crippen molar-refractivity contribution in [2.24, 2.45) is 0 Å². The molecule has 3 aliphatic heterocycles. The van der Waals surface area contributed by atoms with Gasteiger partial charge in [-0.25, -0.2) is 0 Å². The van der Waals surface area contributed by atoms with Crippen LogP contribution in [0.3, 0.4) is 0 Å². The van der Waals surface area contributed by atoms with Gasteiger partial charge >= 0.3 is 0 Å². The molecule has 3 heterocycles. The first-order valence-electron chi connectivity index (χ1n) is 12.4. The molecular formula is C28H31NO7. The molecule has 1 N–H and O–H groups in total. The molecule has 2 aromatic rings. The summed E-state index contributed by atoms with van der Waals surface area (Å²) in [5.41, 5.74) is 2.13. The van der Waals surface area contributed by atoms with Crippen molar-refractivity contribution in [2.45, 2.75) is 51.4 Å². The molecule has 3 unspecified atom stereocenters. The van der Waals surface area contributed by atoms with Gasteiger partial charge in [-0.1, -0.05) is 6.07 Å². The molecule has 3 aliphatic rings. The van der Waals surface area contributed by atoms with Gasteiger partial charge in [0.1, 0.15) is 17.6 Å². The molecule has 3 atom stereocenters. The summed E-state index contributed by atoms with van der Waals surface area (Å²) < 4.78 is 22.7. The third-order valence-corrected chi connectivity index (χ3v) is 6.94. The van der Waals surface area contributed by atoms with Gasteiger partial charge in [-0.2, -0.15) is 0 Å². The topological polar surface area (TPSA) is 94.5 Å². The van der Waals surface area contributed by atoms with Gasteiger partial charge in [0.05, 0.1) is 31.4 Å². The largest absolute Gasteiger partial charge is 0.507 e. The molecule has 0 radical (unpaired) electrons. The zero-order valence-corrected chi connectivity index (χ0v) is 20.8. The lowest BCUT2D eigenvalue weighted by molar-refractivity contribution is -0.140. The molecule has 36 heavy (non-hydrogen) atoms. The van der Waals surface area contributed by atoms with E-state index >= 15 is 0 Å². The van der Waals surface area contributed by atoms with Crippen LogP contribution in [-0.2, 0) is 20.7 Å². The molecule has 2 fully saturated rings. The Hall–Kier alpha value is -3.52. The number of carbonyl (C=O) groups is 2. The van der Waals surface area contributed by atoms with Crippen molar-refractivity contribution in [2.75, 3.05) is 26.9 Å². The fourth-order valence-corrected chi connectivity index (χ4v) is 5.28. The number of aliphatic hydroxyl groups is 1. The Morgan fingerprint density at radius 1 is 1.17 bits per heavy atom. The minimum absolute atomic E-state index is 0.0470. The highest BCUT2D eigenvalue weighted by Crippen LogP contribution is 2.43. The minimum Gasteiger partial charge on any atom is -0.507 e. The van der Waals surface area contributed by atoms with Crippen molar-refractivity contribution < 1.29 is 33.6 Å². The van der Waals surface area contributed by atoms with Crippen molar-refractivity contribution in [1.29, 1.82) is 0 Å². The predicted molar refractivity (Wildman–Crippen MR) is 132 cm³/mol. The lowest BCUT2D eigenvalue weighted by Crippen LogP contribution is -2.36. The van der Waals surface area contributed by atoms with Gasteiger partial charge in [0.15, 0.2) is 11.5 Å². The minimum atomic E-state index is -0.790. The summed E-state index contributed by atoms with van der Waals surface area (Å²) in [7, 11) is 1.54. The molecule has 190 valence electrons. The monoisotopic (exact) mass is 493 g/mol. The standard InChI is InChI=1S/C28H31NO7/c1-4-34-22-10-7-17(14-23(22)33-3)25-24(27(31)28(32)29(25)15-20-6-5-11-35-20)26(30)18-8-9-21-19(13-18)12-16(2)36-21/h7-10,13-14,16,20,25,30H,4-6,11-12,15H2,1-3H3. The Bertz CT molecular complexity index is 1210. The molecule has 2 aromatic carbocycles. The maximum atomic E-state index is 13.4. The summed E-state index contributed by atoms with van der Waals surface area (Å²) in [5.74, 6) is 0.249. The van der Waals surface area contributed by atoms with E-state index in [0.717, 1.165) is 24.2 Å². The molecular weight excluding hydrogens is 462 g/mol. The maximum Gasteiger partial charge on any atom is 0.295 e. The summed E-state index contributed by atoms with van der Waals surface area (Å²) >= 11 is 0. The average Bonchev–Trinajstić information content (AvgIpc) is 3.58. The third-order valence-electron chi connectivity index (χ3n) is 6.94. The van der Waals surface area contributed by atoms with Crippen LogP contribution in [0.5, 0.6) is 17.2 Å². The number of aliphatic hydroxyl groups excluding tert-OH is 1. The van der Waals surface area contributed by atoms with E-state index < -0.39 is 17.7 Å². The second-order valence-corrected chi connectivity index (χ2v) is 9.38. The van der Waals surface area contributed by atoms with Gasteiger partial charge < -0.3 is 29.0 Å². The molecule has 0 aliphatic carbocycles. The van der Waals surface area contributed by atoms with E-state index in [2.05, 4.69) is 0 Å². The van der Waals surface area contributed by atoms with E-state index in [4.69, 9.17) is 18.9 Å². The number of methoxy groups -OCH3 is 1. The second kappa shape index (κ2) is 9.85. The van der Waals surface area contributed by atoms with Crippen molar-refractivity contribution in [3.63, 3.8) is 0 Å². The van der Waals surface area contributed by atoms with E-state index in [1.54, 1.807) is 37.4 Å². The summed E-state index contributed by atoms with van der Waals surface area (Å²) in [6.45, 7) is 5.22. The van der Waals surface area contributed by atoms with Crippen LogP contribution in [0.2, 0.25) is 0 Å². The zero-order chi connectivity index (χ0) is 25.4. The van der Waals surface area contributed by atoms with Crippen molar-refractivity contribution in [3.05, 3.63) is 58.7 Å². The van der Waals surface area contributed by atoms with Gasteiger partial charge in [0.2, 0.25) is 0 Å². The number of amides is 1. The molecule has 8 nitrogen and oxygen atoms in total. The number of rotatable bonds is 7. The highest BCUT2D eigenvalue weighted by atomic mass is 16.5. The number of likely N-dealkylation sites (tertiary alicyclic amines) is 1. The van der Waals surface area contributed by atoms with Crippen LogP contribution < -0.4 is 14.2 Å². The number of benzene rings is 2. The van der Waals surface area contributed by atoms with Crippen LogP contribution in [0.15, 0.2) is 42.0 Å². The van der Waals surface area contributed by atoms with Crippen LogP contribution in [0.1, 0.15) is 49.4 Å². The van der Waals surface area contributed by atoms with E-state index in [1.165, 1.54) is 4.90 Å². The number of carbonyl (C=O) groups excluding carboxylic acids is 2. The first-order chi connectivity index (χ1) is 17.4. The number of fused-ring (bicyclic) bond motifs is 1. The van der Waals surface area contributed by atoms with Crippen molar-refractivity contribution in [1.82, 2.24) is 4.90 Å². The molecule has 0 bridgehead atoms. The lowest BCUT2D eigenvalue weighted by atomic mass is 9.94. The smallest absolute Gasteiger partial charge is 0.295 e. The Morgan fingerprint density at radius 3 is 2.72 bits per heavy atom. The van der Waals surface area contributed by atoms with E-state index in [-0.39, 0.29) is 30.1 Å².